The molecule has 0 saturated carbocycles. The van der Waals surface area contributed by atoms with Crippen molar-refractivity contribution in [2.24, 2.45) is 0 Å². The van der Waals surface area contributed by atoms with Crippen molar-refractivity contribution in [3.8, 4) is 0 Å². The number of H-pyrrole nitrogens is 1. The van der Waals surface area contributed by atoms with Gasteiger partial charge in [0.2, 0.25) is 0 Å². The third-order valence-corrected chi connectivity index (χ3v) is 4.38. The van der Waals surface area contributed by atoms with Crippen LogP contribution >= 0.6 is 12.2 Å². The molecule has 1 atom stereocenters. The molecule has 1 N–H and O–H groups in total. The van der Waals surface area contributed by atoms with E-state index in [1.54, 1.807) is 4.57 Å². The van der Waals surface area contributed by atoms with Gasteiger partial charge in [0, 0.05) is 6.54 Å². The van der Waals surface area contributed by atoms with Crippen molar-refractivity contribution in [3.05, 3.63) is 75.3 Å². The van der Waals surface area contributed by atoms with E-state index in [2.05, 4.69) is 22.0 Å². The van der Waals surface area contributed by atoms with Crippen LogP contribution in [0, 0.1) is 4.77 Å². The first-order valence-corrected chi connectivity index (χ1v) is 7.92. The molecule has 118 valence electrons. The van der Waals surface area contributed by atoms with Crippen molar-refractivity contribution < 1.29 is 0 Å². The number of rotatable bonds is 4. The number of aromatic amines is 1. The normalized spacial score (nSPS) is 12.7. The summed E-state index contributed by atoms with van der Waals surface area (Å²) in [6, 6.07) is 17.7. The second kappa shape index (κ2) is 6.48. The molecule has 0 aliphatic rings. The second-order valence-electron chi connectivity index (χ2n) is 5.78. The minimum absolute atomic E-state index is 0.0490. The molecule has 2 aromatic carbocycles. The van der Waals surface area contributed by atoms with Gasteiger partial charge in [-0.2, -0.15) is 0 Å². The van der Waals surface area contributed by atoms with E-state index in [0.717, 1.165) is 11.1 Å². The fourth-order valence-corrected chi connectivity index (χ4v) is 3.05. The summed E-state index contributed by atoms with van der Waals surface area (Å²) in [5.74, 6) is 0. The standard InChI is InChI=1S/C18H19N3OS/c1-20(2)16(13-8-4-3-5-9-13)12-21-17(22)14-10-6-7-11-15(14)19-18(21)23/h3-11,16H,12H2,1-2H3,(H,19,23)/t16-/m1/s1. The summed E-state index contributed by atoms with van der Waals surface area (Å²) < 4.78 is 2.10. The van der Waals surface area contributed by atoms with E-state index in [4.69, 9.17) is 12.2 Å². The predicted octanol–water partition coefficient (Wildman–Crippen LogP) is 3.36. The monoisotopic (exact) mass is 325 g/mol. The molecule has 23 heavy (non-hydrogen) atoms. The van der Waals surface area contributed by atoms with Crippen molar-refractivity contribution in [1.82, 2.24) is 14.5 Å². The minimum atomic E-state index is -0.0490. The summed E-state index contributed by atoms with van der Waals surface area (Å²) in [4.78, 5) is 18.1. The van der Waals surface area contributed by atoms with Gasteiger partial charge in [0.25, 0.3) is 5.56 Å². The number of likely N-dealkylation sites (N-methyl/N-ethyl adjacent to an activating group) is 1. The Kier molecular flexibility index (Phi) is 4.41. The van der Waals surface area contributed by atoms with Crippen molar-refractivity contribution in [3.63, 3.8) is 0 Å². The molecular formula is C18H19N3OS. The van der Waals surface area contributed by atoms with Gasteiger partial charge >= 0.3 is 0 Å². The molecule has 1 aromatic heterocycles. The average Bonchev–Trinajstić information content (AvgIpc) is 2.55. The molecule has 3 aromatic rings. The first-order valence-electron chi connectivity index (χ1n) is 7.51. The van der Waals surface area contributed by atoms with Gasteiger partial charge in [0.05, 0.1) is 16.9 Å². The summed E-state index contributed by atoms with van der Waals surface area (Å²) in [5, 5.41) is 0.659. The first-order chi connectivity index (χ1) is 11.1. The van der Waals surface area contributed by atoms with Crippen LogP contribution in [0.5, 0.6) is 0 Å². The van der Waals surface area contributed by atoms with Crippen LogP contribution in [0.15, 0.2) is 59.4 Å². The lowest BCUT2D eigenvalue weighted by Crippen LogP contribution is -2.31. The number of fused-ring (bicyclic) bond motifs is 1. The van der Waals surface area contributed by atoms with Crippen molar-refractivity contribution in [2.45, 2.75) is 12.6 Å². The topological polar surface area (TPSA) is 41.0 Å². The molecule has 5 heteroatoms. The van der Waals surface area contributed by atoms with E-state index in [-0.39, 0.29) is 11.6 Å². The van der Waals surface area contributed by atoms with E-state index in [1.807, 2.05) is 56.6 Å². The zero-order chi connectivity index (χ0) is 16.4. The highest BCUT2D eigenvalue weighted by Crippen LogP contribution is 2.20. The highest BCUT2D eigenvalue weighted by Gasteiger charge is 2.16. The van der Waals surface area contributed by atoms with Crippen molar-refractivity contribution in [1.29, 1.82) is 0 Å². The van der Waals surface area contributed by atoms with Gasteiger partial charge in [0.15, 0.2) is 4.77 Å². The Balaban J connectivity index is 2.10. The van der Waals surface area contributed by atoms with E-state index < -0.39 is 0 Å². The Hall–Kier alpha value is -2.24. The minimum Gasteiger partial charge on any atom is -0.332 e. The Morgan fingerprint density at radius 1 is 1.09 bits per heavy atom. The number of hydrogen-bond donors (Lipinski definition) is 1. The zero-order valence-electron chi connectivity index (χ0n) is 13.2. The third kappa shape index (κ3) is 3.11. The average molecular weight is 325 g/mol. The molecule has 0 spiro atoms. The van der Waals surface area contributed by atoms with Gasteiger partial charge in [-0.15, -0.1) is 0 Å². The molecule has 3 rings (SSSR count). The molecule has 0 unspecified atom stereocenters. The van der Waals surface area contributed by atoms with Crippen LogP contribution in [0.1, 0.15) is 11.6 Å². The highest BCUT2D eigenvalue weighted by molar-refractivity contribution is 7.71. The zero-order valence-corrected chi connectivity index (χ0v) is 14.0. The molecular weight excluding hydrogens is 306 g/mol. The van der Waals surface area contributed by atoms with Crippen LogP contribution in [0.3, 0.4) is 0 Å². The second-order valence-corrected chi connectivity index (χ2v) is 6.17. The molecule has 0 fully saturated rings. The van der Waals surface area contributed by atoms with Crippen LogP contribution < -0.4 is 5.56 Å². The summed E-state index contributed by atoms with van der Waals surface area (Å²) >= 11 is 5.41. The Morgan fingerprint density at radius 3 is 2.43 bits per heavy atom. The quantitative estimate of drug-likeness (QED) is 0.748. The smallest absolute Gasteiger partial charge is 0.262 e. The maximum Gasteiger partial charge on any atom is 0.262 e. The van der Waals surface area contributed by atoms with E-state index in [0.29, 0.717) is 16.7 Å². The summed E-state index contributed by atoms with van der Waals surface area (Å²) in [5.41, 5.74) is 1.89. The Labute approximate surface area is 140 Å². The van der Waals surface area contributed by atoms with Gasteiger partial charge in [-0.25, -0.2) is 0 Å². The summed E-state index contributed by atoms with van der Waals surface area (Å²) in [7, 11) is 4.02. The lowest BCUT2D eigenvalue weighted by atomic mass is 10.1. The Morgan fingerprint density at radius 2 is 1.74 bits per heavy atom. The molecule has 4 nitrogen and oxygen atoms in total. The van der Waals surface area contributed by atoms with Crippen LogP contribution in [-0.4, -0.2) is 28.5 Å². The maximum atomic E-state index is 12.8. The van der Waals surface area contributed by atoms with Gasteiger partial charge in [-0.05, 0) is 44.0 Å². The lowest BCUT2D eigenvalue weighted by molar-refractivity contribution is 0.265. The Bertz CT molecular complexity index is 928. The van der Waals surface area contributed by atoms with Crippen LogP contribution in [-0.2, 0) is 6.54 Å². The van der Waals surface area contributed by atoms with E-state index in [9.17, 15) is 4.79 Å². The number of nitrogens with zero attached hydrogens (tertiary/aromatic N) is 2. The van der Waals surface area contributed by atoms with E-state index in [1.165, 1.54) is 0 Å². The number of hydrogen-bond acceptors (Lipinski definition) is 3. The number of aromatic nitrogens is 2. The lowest BCUT2D eigenvalue weighted by Gasteiger charge is -2.25. The molecule has 0 aliphatic heterocycles. The molecule has 0 radical (unpaired) electrons. The summed E-state index contributed by atoms with van der Waals surface area (Å²) in [6.45, 7) is 0.510. The third-order valence-electron chi connectivity index (χ3n) is 4.05. The molecule has 0 aliphatic carbocycles. The van der Waals surface area contributed by atoms with Gasteiger partial charge in [0.1, 0.15) is 0 Å². The largest absolute Gasteiger partial charge is 0.332 e. The fraction of sp³-hybridized carbons (Fsp3) is 0.222. The number of para-hydroxylation sites is 1. The summed E-state index contributed by atoms with van der Waals surface area (Å²) in [6.07, 6.45) is 0. The highest BCUT2D eigenvalue weighted by atomic mass is 32.1. The van der Waals surface area contributed by atoms with Crippen LogP contribution in [0.2, 0.25) is 0 Å². The van der Waals surface area contributed by atoms with Crippen molar-refractivity contribution >= 4 is 23.1 Å². The SMILES string of the molecule is CN(C)[C@H](Cn1c(=S)[nH]c2ccccc2c1=O)c1ccccc1. The van der Waals surface area contributed by atoms with Crippen molar-refractivity contribution in [2.75, 3.05) is 14.1 Å². The maximum absolute atomic E-state index is 12.8. The number of benzene rings is 2. The molecule has 0 amide bonds. The molecule has 0 saturated heterocycles. The predicted molar refractivity (Wildman–Crippen MR) is 96.3 cm³/mol. The first kappa shape index (κ1) is 15.6. The molecule has 1 heterocycles. The van der Waals surface area contributed by atoms with Gasteiger partial charge in [-0.3, -0.25) is 9.36 Å². The van der Waals surface area contributed by atoms with Gasteiger partial charge < -0.3 is 9.88 Å². The van der Waals surface area contributed by atoms with Crippen LogP contribution in [0.25, 0.3) is 10.9 Å². The number of nitrogens with one attached hydrogen (secondary N) is 1. The van der Waals surface area contributed by atoms with E-state index >= 15 is 0 Å². The van der Waals surface area contributed by atoms with Crippen LogP contribution in [0.4, 0.5) is 0 Å². The fourth-order valence-electron chi connectivity index (χ4n) is 2.78. The van der Waals surface area contributed by atoms with Gasteiger partial charge in [-0.1, -0.05) is 42.5 Å². The molecule has 0 bridgehead atoms.